The Morgan fingerprint density at radius 3 is 2.24 bits per heavy atom. The van der Waals surface area contributed by atoms with E-state index in [9.17, 15) is 4.79 Å². The Balaban J connectivity index is 2.16. The largest absolute Gasteiger partial charge is 0.465 e. The van der Waals surface area contributed by atoms with Gasteiger partial charge in [0.2, 0.25) is 0 Å². The number of nitrogens with zero attached hydrogens (tertiary/aromatic N) is 3. The predicted octanol–water partition coefficient (Wildman–Crippen LogP) is 3.70. The number of anilines is 1. The average Bonchev–Trinajstić information content (AvgIpc) is 2.99. The normalized spacial score (nSPS) is 10.6. The summed E-state index contributed by atoms with van der Waals surface area (Å²) in [4.78, 5) is 14.4. The molecule has 0 fully saturated rings. The maximum absolute atomic E-state index is 12.4. The number of carbonyl (C=O) groups excluding carboxylic acids is 1. The minimum Gasteiger partial charge on any atom is -0.465 e. The molecule has 25 heavy (non-hydrogen) atoms. The standard InChI is InChI=1S/C20H21N3O2/c1-14-18(20(24)25-4)19(15-10-12-16(13-11-15)22(2)3)21-23(14)17-8-6-5-7-9-17/h5-13H,1-4H3. The number of hydrogen-bond acceptors (Lipinski definition) is 4. The van der Waals surface area contributed by atoms with E-state index in [0.717, 1.165) is 22.6 Å². The van der Waals surface area contributed by atoms with E-state index in [2.05, 4.69) is 0 Å². The predicted molar refractivity (Wildman–Crippen MR) is 99.4 cm³/mol. The molecule has 128 valence electrons. The second kappa shape index (κ2) is 6.81. The lowest BCUT2D eigenvalue weighted by atomic mass is 10.1. The molecule has 0 amide bonds. The van der Waals surface area contributed by atoms with Gasteiger partial charge in [-0.25, -0.2) is 9.48 Å². The van der Waals surface area contributed by atoms with Gasteiger partial charge in [0.1, 0.15) is 11.3 Å². The fraction of sp³-hybridized carbons (Fsp3) is 0.200. The van der Waals surface area contributed by atoms with E-state index in [1.807, 2.05) is 80.5 Å². The van der Waals surface area contributed by atoms with Crippen LogP contribution in [0.2, 0.25) is 0 Å². The van der Waals surface area contributed by atoms with Gasteiger partial charge in [-0.3, -0.25) is 0 Å². The van der Waals surface area contributed by atoms with Crippen molar-refractivity contribution >= 4 is 11.7 Å². The smallest absolute Gasteiger partial charge is 0.342 e. The van der Waals surface area contributed by atoms with Crippen molar-refractivity contribution in [3.8, 4) is 16.9 Å². The van der Waals surface area contributed by atoms with Crippen molar-refractivity contribution in [2.75, 3.05) is 26.1 Å². The summed E-state index contributed by atoms with van der Waals surface area (Å²) in [6.45, 7) is 1.88. The molecule has 0 N–H and O–H groups in total. The van der Waals surface area contributed by atoms with E-state index in [-0.39, 0.29) is 5.97 Å². The quantitative estimate of drug-likeness (QED) is 0.682. The molecule has 0 saturated carbocycles. The first-order chi connectivity index (χ1) is 12.0. The molecule has 0 aliphatic rings. The van der Waals surface area contributed by atoms with E-state index in [0.29, 0.717) is 11.3 Å². The number of aromatic nitrogens is 2. The lowest BCUT2D eigenvalue weighted by molar-refractivity contribution is 0.0600. The summed E-state index contributed by atoms with van der Waals surface area (Å²) in [5, 5.41) is 4.70. The fourth-order valence-electron chi connectivity index (χ4n) is 2.79. The first-order valence-corrected chi connectivity index (χ1v) is 8.04. The highest BCUT2D eigenvalue weighted by molar-refractivity contribution is 5.97. The van der Waals surface area contributed by atoms with Crippen molar-refractivity contribution in [2.45, 2.75) is 6.92 Å². The number of methoxy groups -OCH3 is 1. The number of hydrogen-bond donors (Lipinski definition) is 0. The van der Waals surface area contributed by atoms with Crippen LogP contribution in [0, 0.1) is 6.92 Å². The number of para-hydroxylation sites is 1. The zero-order chi connectivity index (χ0) is 18.0. The summed E-state index contributed by atoms with van der Waals surface area (Å²) in [5.41, 5.74) is 4.74. The second-order valence-corrected chi connectivity index (χ2v) is 5.99. The molecule has 0 spiro atoms. The minimum absolute atomic E-state index is 0.383. The maximum Gasteiger partial charge on any atom is 0.342 e. The van der Waals surface area contributed by atoms with E-state index < -0.39 is 0 Å². The Bertz CT molecular complexity index is 881. The van der Waals surface area contributed by atoms with Crippen molar-refractivity contribution in [3.05, 3.63) is 65.9 Å². The Morgan fingerprint density at radius 1 is 1.04 bits per heavy atom. The molecule has 0 radical (unpaired) electrons. The molecule has 5 nitrogen and oxygen atoms in total. The zero-order valence-corrected chi connectivity index (χ0v) is 14.9. The summed E-state index contributed by atoms with van der Waals surface area (Å²) < 4.78 is 6.77. The van der Waals surface area contributed by atoms with Crippen LogP contribution in [0.4, 0.5) is 5.69 Å². The third-order valence-electron chi connectivity index (χ3n) is 4.16. The number of ether oxygens (including phenoxy) is 1. The van der Waals surface area contributed by atoms with Gasteiger partial charge in [0.05, 0.1) is 18.5 Å². The molecular weight excluding hydrogens is 314 g/mol. The van der Waals surface area contributed by atoms with Gasteiger partial charge in [-0.2, -0.15) is 5.10 Å². The van der Waals surface area contributed by atoms with E-state index in [1.165, 1.54) is 7.11 Å². The minimum atomic E-state index is -0.383. The van der Waals surface area contributed by atoms with Crippen LogP contribution in [0.15, 0.2) is 54.6 Å². The van der Waals surface area contributed by atoms with Gasteiger partial charge in [0, 0.05) is 25.3 Å². The molecule has 0 bridgehead atoms. The third-order valence-corrected chi connectivity index (χ3v) is 4.16. The van der Waals surface area contributed by atoms with Crippen LogP contribution in [-0.4, -0.2) is 37.0 Å². The van der Waals surface area contributed by atoms with Crippen LogP contribution in [0.1, 0.15) is 16.1 Å². The van der Waals surface area contributed by atoms with Gasteiger partial charge >= 0.3 is 5.97 Å². The maximum atomic E-state index is 12.4. The molecule has 2 aromatic carbocycles. The molecule has 0 atom stereocenters. The SMILES string of the molecule is COC(=O)c1c(-c2ccc(N(C)C)cc2)nn(-c2ccccc2)c1C. The summed E-state index contributed by atoms with van der Waals surface area (Å²) in [6, 6.07) is 17.7. The first-order valence-electron chi connectivity index (χ1n) is 8.04. The van der Waals surface area contributed by atoms with Gasteiger partial charge < -0.3 is 9.64 Å². The summed E-state index contributed by atoms with van der Waals surface area (Å²) in [7, 11) is 5.37. The molecule has 0 saturated heterocycles. The number of benzene rings is 2. The summed E-state index contributed by atoms with van der Waals surface area (Å²) in [5.74, 6) is -0.383. The van der Waals surface area contributed by atoms with Gasteiger partial charge in [-0.1, -0.05) is 30.3 Å². The van der Waals surface area contributed by atoms with Gasteiger partial charge in [-0.15, -0.1) is 0 Å². The van der Waals surface area contributed by atoms with Crippen LogP contribution in [0.3, 0.4) is 0 Å². The molecule has 3 rings (SSSR count). The molecule has 1 aromatic heterocycles. The van der Waals surface area contributed by atoms with E-state index in [1.54, 1.807) is 4.68 Å². The Hall–Kier alpha value is -3.08. The molecule has 0 aliphatic carbocycles. The Kier molecular flexibility index (Phi) is 4.57. The zero-order valence-electron chi connectivity index (χ0n) is 14.9. The van der Waals surface area contributed by atoms with Crippen LogP contribution in [-0.2, 0) is 4.74 Å². The van der Waals surface area contributed by atoms with Crippen molar-refractivity contribution < 1.29 is 9.53 Å². The van der Waals surface area contributed by atoms with Crippen LogP contribution in [0.25, 0.3) is 16.9 Å². The Morgan fingerprint density at radius 2 is 1.68 bits per heavy atom. The highest BCUT2D eigenvalue weighted by atomic mass is 16.5. The lowest BCUT2D eigenvalue weighted by Crippen LogP contribution is -2.08. The highest BCUT2D eigenvalue weighted by Crippen LogP contribution is 2.29. The molecule has 0 aliphatic heterocycles. The van der Waals surface area contributed by atoms with Gasteiger partial charge in [0.15, 0.2) is 0 Å². The van der Waals surface area contributed by atoms with Crippen molar-refractivity contribution in [1.29, 1.82) is 0 Å². The summed E-state index contributed by atoms with van der Waals surface area (Å²) in [6.07, 6.45) is 0. The van der Waals surface area contributed by atoms with Crippen molar-refractivity contribution in [2.24, 2.45) is 0 Å². The average molecular weight is 335 g/mol. The van der Waals surface area contributed by atoms with E-state index in [4.69, 9.17) is 9.84 Å². The second-order valence-electron chi connectivity index (χ2n) is 5.99. The molecular formula is C20H21N3O2. The third kappa shape index (κ3) is 3.13. The van der Waals surface area contributed by atoms with Crippen LogP contribution >= 0.6 is 0 Å². The fourth-order valence-corrected chi connectivity index (χ4v) is 2.79. The first kappa shape index (κ1) is 16.8. The number of esters is 1. The van der Waals surface area contributed by atoms with Crippen LogP contribution in [0.5, 0.6) is 0 Å². The van der Waals surface area contributed by atoms with Gasteiger partial charge in [0.25, 0.3) is 0 Å². The molecule has 3 aromatic rings. The van der Waals surface area contributed by atoms with Crippen LogP contribution < -0.4 is 4.90 Å². The molecule has 1 heterocycles. The Labute approximate surface area is 147 Å². The number of rotatable bonds is 4. The topological polar surface area (TPSA) is 47.4 Å². The molecule has 5 heteroatoms. The molecule has 0 unspecified atom stereocenters. The van der Waals surface area contributed by atoms with Gasteiger partial charge in [-0.05, 0) is 31.2 Å². The van der Waals surface area contributed by atoms with Crippen molar-refractivity contribution in [3.63, 3.8) is 0 Å². The van der Waals surface area contributed by atoms with Crippen molar-refractivity contribution in [1.82, 2.24) is 9.78 Å². The monoisotopic (exact) mass is 335 g/mol. The number of carbonyl (C=O) groups is 1. The lowest BCUT2D eigenvalue weighted by Gasteiger charge is -2.12. The highest BCUT2D eigenvalue weighted by Gasteiger charge is 2.23. The summed E-state index contributed by atoms with van der Waals surface area (Å²) >= 11 is 0. The van der Waals surface area contributed by atoms with E-state index >= 15 is 0 Å².